The molecule has 2 aromatic rings. The number of furan rings is 1. The third kappa shape index (κ3) is 5.13. The topological polar surface area (TPSA) is 124 Å². The van der Waals surface area contributed by atoms with E-state index in [9.17, 15) is 18.0 Å². The van der Waals surface area contributed by atoms with E-state index >= 15 is 0 Å². The zero-order chi connectivity index (χ0) is 22.6. The lowest BCUT2D eigenvalue weighted by Gasteiger charge is -2.33. The Morgan fingerprint density at radius 2 is 1.87 bits per heavy atom. The second-order valence-electron chi connectivity index (χ2n) is 7.46. The first-order chi connectivity index (χ1) is 14.7. The average molecular weight is 445 g/mol. The maximum atomic E-state index is 12.7. The Morgan fingerprint density at radius 3 is 2.42 bits per heavy atom. The maximum Gasteiger partial charge on any atom is 0.287 e. The van der Waals surface area contributed by atoms with Gasteiger partial charge in [-0.05, 0) is 50.1 Å². The molecule has 0 bridgehead atoms. The molecular formula is C21H24N4O5S. The summed E-state index contributed by atoms with van der Waals surface area (Å²) in [6.45, 7) is 2.35. The van der Waals surface area contributed by atoms with Crippen molar-refractivity contribution in [3.63, 3.8) is 0 Å². The molecular weight excluding hydrogens is 420 g/mol. The fraction of sp³-hybridized carbons (Fsp3) is 0.381. The summed E-state index contributed by atoms with van der Waals surface area (Å²) >= 11 is 0. The molecule has 1 N–H and O–H groups in total. The van der Waals surface area contributed by atoms with Crippen molar-refractivity contribution in [2.45, 2.75) is 30.7 Å². The van der Waals surface area contributed by atoms with Crippen LogP contribution in [0.1, 0.15) is 34.5 Å². The maximum absolute atomic E-state index is 12.7. The molecule has 0 spiro atoms. The number of carbonyl (C=O) groups excluding carboxylic acids is 2. The van der Waals surface area contributed by atoms with Crippen LogP contribution in [0.4, 0.5) is 0 Å². The molecule has 10 heteroatoms. The van der Waals surface area contributed by atoms with Crippen molar-refractivity contribution in [3.8, 4) is 6.07 Å². The van der Waals surface area contributed by atoms with Gasteiger partial charge in [0.15, 0.2) is 5.76 Å². The van der Waals surface area contributed by atoms with Gasteiger partial charge >= 0.3 is 0 Å². The molecule has 0 saturated carbocycles. The minimum absolute atomic E-state index is 0.0245. The fourth-order valence-electron chi connectivity index (χ4n) is 3.39. The lowest BCUT2D eigenvalue weighted by Crippen LogP contribution is -2.49. The van der Waals surface area contributed by atoms with Crippen LogP contribution in [-0.2, 0) is 14.8 Å². The second kappa shape index (κ2) is 9.32. The number of aryl methyl sites for hydroxylation is 1. The summed E-state index contributed by atoms with van der Waals surface area (Å²) in [5.74, 6) is -0.292. The SMILES string of the molecule is Cc1ccoc1C(=O)NC1CCN(C(=O)CN(C)S(=O)(=O)c2ccc(C#N)cc2)CC1. The third-order valence-electron chi connectivity index (χ3n) is 5.30. The van der Waals surface area contributed by atoms with Gasteiger partial charge in [0.25, 0.3) is 5.91 Å². The number of hydrogen-bond donors (Lipinski definition) is 1. The van der Waals surface area contributed by atoms with Crippen LogP contribution in [0.5, 0.6) is 0 Å². The molecule has 31 heavy (non-hydrogen) atoms. The van der Waals surface area contributed by atoms with Crippen molar-refractivity contribution in [1.82, 2.24) is 14.5 Å². The first kappa shape index (κ1) is 22.5. The minimum atomic E-state index is -3.84. The Bertz CT molecular complexity index is 1090. The zero-order valence-electron chi connectivity index (χ0n) is 17.4. The monoisotopic (exact) mass is 444 g/mol. The third-order valence-corrected chi connectivity index (χ3v) is 7.12. The van der Waals surface area contributed by atoms with Crippen molar-refractivity contribution < 1.29 is 22.4 Å². The van der Waals surface area contributed by atoms with E-state index in [4.69, 9.17) is 9.68 Å². The number of rotatable bonds is 6. The summed E-state index contributed by atoms with van der Waals surface area (Å²) in [6.07, 6.45) is 2.61. The number of carbonyl (C=O) groups is 2. The Kier molecular flexibility index (Phi) is 6.77. The van der Waals surface area contributed by atoms with Crippen LogP contribution < -0.4 is 5.32 Å². The predicted molar refractivity (Wildman–Crippen MR) is 111 cm³/mol. The van der Waals surface area contributed by atoms with Gasteiger partial charge in [0.1, 0.15) is 0 Å². The highest BCUT2D eigenvalue weighted by Crippen LogP contribution is 2.17. The number of benzene rings is 1. The minimum Gasteiger partial charge on any atom is -0.459 e. The zero-order valence-corrected chi connectivity index (χ0v) is 18.2. The highest BCUT2D eigenvalue weighted by molar-refractivity contribution is 7.89. The summed E-state index contributed by atoms with van der Waals surface area (Å²) in [6, 6.07) is 9.12. The molecule has 1 aliphatic heterocycles. The Labute approximate surface area is 181 Å². The summed E-state index contributed by atoms with van der Waals surface area (Å²) < 4.78 is 31.6. The molecule has 0 radical (unpaired) electrons. The van der Waals surface area contributed by atoms with Crippen LogP contribution in [0.15, 0.2) is 45.9 Å². The molecule has 2 amide bonds. The number of hydrogen-bond acceptors (Lipinski definition) is 6. The quantitative estimate of drug-likeness (QED) is 0.720. The molecule has 1 aromatic carbocycles. The van der Waals surface area contributed by atoms with Crippen LogP contribution in [0.3, 0.4) is 0 Å². The van der Waals surface area contributed by atoms with Crippen molar-refractivity contribution in [3.05, 3.63) is 53.5 Å². The number of nitriles is 1. The number of likely N-dealkylation sites (N-methyl/N-ethyl adjacent to an activating group) is 1. The lowest BCUT2D eigenvalue weighted by molar-refractivity contribution is -0.132. The van der Waals surface area contributed by atoms with Gasteiger partial charge in [0.05, 0.1) is 29.3 Å². The van der Waals surface area contributed by atoms with E-state index in [0.29, 0.717) is 31.5 Å². The van der Waals surface area contributed by atoms with Crippen molar-refractivity contribution in [2.75, 3.05) is 26.7 Å². The molecule has 164 valence electrons. The summed E-state index contributed by atoms with van der Waals surface area (Å²) in [5.41, 5.74) is 1.12. The van der Waals surface area contributed by atoms with Gasteiger partial charge in [0.2, 0.25) is 15.9 Å². The fourth-order valence-corrected chi connectivity index (χ4v) is 4.51. The van der Waals surface area contributed by atoms with Gasteiger partial charge in [-0.25, -0.2) is 8.42 Å². The molecule has 0 atom stereocenters. The first-order valence-electron chi connectivity index (χ1n) is 9.81. The Morgan fingerprint density at radius 1 is 1.23 bits per heavy atom. The molecule has 1 aliphatic rings. The largest absolute Gasteiger partial charge is 0.459 e. The Hall–Kier alpha value is -3.16. The van der Waals surface area contributed by atoms with Crippen LogP contribution in [0, 0.1) is 18.3 Å². The molecule has 1 fully saturated rings. The van der Waals surface area contributed by atoms with E-state index in [1.54, 1.807) is 17.9 Å². The highest BCUT2D eigenvalue weighted by Gasteiger charge is 2.28. The van der Waals surface area contributed by atoms with Crippen molar-refractivity contribution in [2.24, 2.45) is 0 Å². The van der Waals surface area contributed by atoms with E-state index in [1.807, 2.05) is 6.07 Å². The lowest BCUT2D eigenvalue weighted by atomic mass is 10.0. The van der Waals surface area contributed by atoms with Crippen LogP contribution in [0.2, 0.25) is 0 Å². The average Bonchev–Trinajstić information content (AvgIpc) is 3.20. The Balaban J connectivity index is 1.52. The number of likely N-dealkylation sites (tertiary alicyclic amines) is 1. The van der Waals surface area contributed by atoms with E-state index in [0.717, 1.165) is 9.87 Å². The predicted octanol–water partition coefficient (Wildman–Crippen LogP) is 1.50. The van der Waals surface area contributed by atoms with Gasteiger partial charge in [0, 0.05) is 31.7 Å². The normalized spacial score (nSPS) is 15.0. The van der Waals surface area contributed by atoms with E-state index in [-0.39, 0.29) is 35.1 Å². The van der Waals surface area contributed by atoms with Crippen molar-refractivity contribution in [1.29, 1.82) is 5.26 Å². The van der Waals surface area contributed by atoms with Crippen LogP contribution in [-0.4, -0.2) is 62.2 Å². The molecule has 0 unspecified atom stereocenters. The van der Waals surface area contributed by atoms with Gasteiger partial charge in [-0.1, -0.05) is 0 Å². The van der Waals surface area contributed by atoms with Crippen molar-refractivity contribution >= 4 is 21.8 Å². The molecule has 0 aliphatic carbocycles. The second-order valence-corrected chi connectivity index (χ2v) is 9.50. The van der Waals surface area contributed by atoms with Gasteiger partial charge in [-0.2, -0.15) is 9.57 Å². The summed E-state index contributed by atoms with van der Waals surface area (Å²) in [7, 11) is -2.49. The smallest absolute Gasteiger partial charge is 0.287 e. The van der Waals surface area contributed by atoms with E-state index < -0.39 is 10.0 Å². The number of piperidine rings is 1. The van der Waals surface area contributed by atoms with Crippen LogP contribution >= 0.6 is 0 Å². The first-order valence-corrected chi connectivity index (χ1v) is 11.3. The standard InChI is InChI=1S/C21H24N4O5S/c1-15-9-12-30-20(15)21(27)23-17-7-10-25(11-8-17)19(26)14-24(2)31(28,29)18-5-3-16(13-22)4-6-18/h3-6,9,12,17H,7-8,10-11,14H2,1-2H3,(H,23,27). The van der Waals surface area contributed by atoms with Crippen LogP contribution in [0.25, 0.3) is 0 Å². The molecule has 1 saturated heterocycles. The molecule has 9 nitrogen and oxygen atoms in total. The summed E-state index contributed by atoms with van der Waals surface area (Å²) in [5, 5.41) is 11.8. The number of amides is 2. The van der Waals surface area contributed by atoms with Gasteiger partial charge < -0.3 is 14.6 Å². The summed E-state index contributed by atoms with van der Waals surface area (Å²) in [4.78, 5) is 26.5. The van der Waals surface area contributed by atoms with Gasteiger partial charge in [-0.15, -0.1) is 0 Å². The molecule has 1 aromatic heterocycles. The van der Waals surface area contributed by atoms with Gasteiger partial charge in [-0.3, -0.25) is 9.59 Å². The number of nitrogens with zero attached hydrogens (tertiary/aromatic N) is 3. The highest BCUT2D eigenvalue weighted by atomic mass is 32.2. The molecule has 3 rings (SSSR count). The molecule has 2 heterocycles. The number of sulfonamides is 1. The van der Waals surface area contributed by atoms with E-state index in [1.165, 1.54) is 37.6 Å². The number of nitrogens with one attached hydrogen (secondary N) is 1. The van der Waals surface area contributed by atoms with E-state index in [2.05, 4.69) is 5.32 Å².